The van der Waals surface area contributed by atoms with Crippen molar-refractivity contribution in [2.24, 2.45) is 5.73 Å². The second-order valence-electron chi connectivity index (χ2n) is 5.69. The number of hydrogen-bond acceptors (Lipinski definition) is 7. The van der Waals surface area contributed by atoms with Gasteiger partial charge in [-0.05, 0) is 36.8 Å². The van der Waals surface area contributed by atoms with Gasteiger partial charge in [-0.1, -0.05) is 0 Å². The zero-order valence-corrected chi connectivity index (χ0v) is 16.6. The lowest BCUT2D eigenvalue weighted by atomic mass is 10.3. The topological polar surface area (TPSA) is 113 Å². The van der Waals surface area contributed by atoms with Crippen LogP contribution in [0.2, 0.25) is 0 Å². The summed E-state index contributed by atoms with van der Waals surface area (Å²) in [6, 6.07) is 7.07. The summed E-state index contributed by atoms with van der Waals surface area (Å²) in [5.41, 5.74) is 5.07. The number of ether oxygens (including phenoxy) is 2. The third kappa shape index (κ3) is 5.70. The number of methoxy groups -OCH3 is 1. The molecule has 1 heterocycles. The molecule has 0 saturated carbocycles. The van der Waals surface area contributed by atoms with E-state index in [9.17, 15) is 31.2 Å². The molecule has 0 unspecified atom stereocenters. The Kier molecular flexibility index (Phi) is 6.90. The third-order valence-electron chi connectivity index (χ3n) is 3.62. The molecule has 29 heavy (non-hydrogen) atoms. The number of Topliss-reactive ketones (excluding diaryl/α,β-unsaturated/α-hetero) is 1. The van der Waals surface area contributed by atoms with Gasteiger partial charge < -0.3 is 15.2 Å². The van der Waals surface area contributed by atoms with E-state index >= 15 is 0 Å². The molecule has 0 saturated heterocycles. The summed E-state index contributed by atoms with van der Waals surface area (Å²) in [6.07, 6.45) is -5.21. The SMILES string of the molecule is COc1ccc(OCCCS(=O)(=O)c2cc(C(=O)C(F)(F)F)sc2C(N)=O)cc1. The maximum absolute atomic E-state index is 12.6. The first-order valence-corrected chi connectivity index (χ1v) is 10.5. The minimum absolute atomic E-state index is 0.00403. The average Bonchev–Trinajstić information content (AvgIpc) is 3.11. The van der Waals surface area contributed by atoms with Crippen molar-refractivity contribution in [1.82, 2.24) is 0 Å². The number of amides is 1. The summed E-state index contributed by atoms with van der Waals surface area (Å²) in [4.78, 5) is 20.6. The van der Waals surface area contributed by atoms with E-state index in [1.165, 1.54) is 7.11 Å². The van der Waals surface area contributed by atoms with Gasteiger partial charge >= 0.3 is 6.18 Å². The van der Waals surface area contributed by atoms with Crippen LogP contribution in [0, 0.1) is 0 Å². The van der Waals surface area contributed by atoms with Crippen molar-refractivity contribution in [1.29, 1.82) is 0 Å². The maximum Gasteiger partial charge on any atom is 0.455 e. The molecule has 0 aliphatic heterocycles. The largest absolute Gasteiger partial charge is 0.497 e. The highest BCUT2D eigenvalue weighted by atomic mass is 32.2. The highest BCUT2D eigenvalue weighted by Gasteiger charge is 2.41. The van der Waals surface area contributed by atoms with Crippen LogP contribution in [-0.2, 0) is 9.84 Å². The van der Waals surface area contributed by atoms with E-state index in [2.05, 4.69) is 0 Å². The molecule has 0 atom stereocenters. The molecule has 1 aromatic carbocycles. The molecule has 0 spiro atoms. The highest BCUT2D eigenvalue weighted by Crippen LogP contribution is 2.32. The predicted octanol–water partition coefficient (Wildman–Crippen LogP) is 2.84. The zero-order chi connectivity index (χ0) is 21.8. The van der Waals surface area contributed by atoms with Crippen LogP contribution in [0.25, 0.3) is 0 Å². The molecule has 12 heteroatoms. The van der Waals surface area contributed by atoms with Crippen molar-refractivity contribution in [3.8, 4) is 11.5 Å². The molecule has 2 aromatic rings. The smallest absolute Gasteiger partial charge is 0.455 e. The Hall–Kier alpha value is -2.60. The molecule has 0 aliphatic carbocycles. The number of rotatable bonds is 9. The molecule has 1 aromatic heterocycles. The quantitative estimate of drug-likeness (QED) is 0.463. The number of sulfone groups is 1. The number of carbonyl (C=O) groups excluding carboxylic acids is 2. The molecule has 7 nitrogen and oxygen atoms in total. The van der Waals surface area contributed by atoms with Crippen LogP contribution < -0.4 is 15.2 Å². The van der Waals surface area contributed by atoms with Crippen LogP contribution >= 0.6 is 11.3 Å². The Bertz CT molecular complexity index is 997. The van der Waals surface area contributed by atoms with E-state index in [1.54, 1.807) is 24.3 Å². The summed E-state index contributed by atoms with van der Waals surface area (Å²) < 4.78 is 73.1. The van der Waals surface area contributed by atoms with Crippen molar-refractivity contribution < 1.29 is 40.7 Å². The highest BCUT2D eigenvalue weighted by molar-refractivity contribution is 7.91. The molecule has 0 aliphatic rings. The first-order valence-electron chi connectivity index (χ1n) is 8.00. The fourth-order valence-electron chi connectivity index (χ4n) is 2.25. The third-order valence-corrected chi connectivity index (χ3v) is 6.72. The number of primary amides is 1. The van der Waals surface area contributed by atoms with E-state index in [0.29, 0.717) is 17.6 Å². The molecular weight excluding hydrogens is 435 g/mol. The second kappa shape index (κ2) is 8.82. The molecular formula is C17H16F3NO6S2. The number of halogens is 3. The predicted molar refractivity (Wildman–Crippen MR) is 98.4 cm³/mol. The number of hydrogen-bond donors (Lipinski definition) is 1. The van der Waals surface area contributed by atoms with Gasteiger partial charge in [-0.3, -0.25) is 9.59 Å². The number of thiophene rings is 1. The first-order chi connectivity index (χ1) is 13.5. The van der Waals surface area contributed by atoms with E-state index in [4.69, 9.17) is 15.2 Å². The van der Waals surface area contributed by atoms with Crippen LogP contribution in [0.15, 0.2) is 35.2 Å². The van der Waals surface area contributed by atoms with Gasteiger partial charge in [-0.25, -0.2) is 8.42 Å². The van der Waals surface area contributed by atoms with E-state index in [-0.39, 0.29) is 24.4 Å². The summed E-state index contributed by atoms with van der Waals surface area (Å²) in [5.74, 6) is -2.91. The molecule has 1 amide bonds. The Balaban J connectivity index is 2.10. The van der Waals surface area contributed by atoms with Crippen LogP contribution in [0.4, 0.5) is 13.2 Å². The van der Waals surface area contributed by atoms with Crippen LogP contribution in [-0.4, -0.2) is 45.8 Å². The molecule has 0 radical (unpaired) electrons. The Labute approximate surface area is 168 Å². The van der Waals surface area contributed by atoms with E-state index in [1.807, 2.05) is 0 Å². The monoisotopic (exact) mass is 451 g/mol. The van der Waals surface area contributed by atoms with Gasteiger partial charge in [0.15, 0.2) is 9.84 Å². The Morgan fingerprint density at radius 1 is 1.14 bits per heavy atom. The van der Waals surface area contributed by atoms with Gasteiger partial charge in [0.2, 0.25) is 0 Å². The normalized spacial score (nSPS) is 11.9. The zero-order valence-electron chi connectivity index (χ0n) is 15.0. The van der Waals surface area contributed by atoms with Gasteiger partial charge in [-0.15, -0.1) is 11.3 Å². The van der Waals surface area contributed by atoms with Crippen molar-refractivity contribution in [2.75, 3.05) is 19.5 Å². The van der Waals surface area contributed by atoms with Crippen molar-refractivity contribution in [3.63, 3.8) is 0 Å². The Morgan fingerprint density at radius 2 is 1.72 bits per heavy atom. The molecule has 0 bridgehead atoms. The van der Waals surface area contributed by atoms with Gasteiger partial charge in [-0.2, -0.15) is 13.2 Å². The van der Waals surface area contributed by atoms with Crippen molar-refractivity contribution in [3.05, 3.63) is 40.1 Å². The van der Waals surface area contributed by atoms with Crippen LogP contribution in [0.3, 0.4) is 0 Å². The van der Waals surface area contributed by atoms with Gasteiger partial charge in [0.05, 0.1) is 29.2 Å². The summed E-state index contributed by atoms with van der Waals surface area (Å²) >= 11 is 0.103. The van der Waals surface area contributed by atoms with Crippen molar-refractivity contribution in [2.45, 2.75) is 17.5 Å². The molecule has 158 valence electrons. The van der Waals surface area contributed by atoms with Gasteiger partial charge in [0.25, 0.3) is 11.7 Å². The maximum atomic E-state index is 12.6. The number of nitrogens with two attached hydrogens (primary N) is 1. The fourth-order valence-corrected chi connectivity index (χ4v) is 5.09. The van der Waals surface area contributed by atoms with Crippen molar-refractivity contribution >= 4 is 32.9 Å². The average molecular weight is 451 g/mol. The second-order valence-corrected chi connectivity index (χ2v) is 8.82. The number of carbonyl (C=O) groups is 2. The lowest BCUT2D eigenvalue weighted by molar-refractivity contribution is -0.0882. The lowest BCUT2D eigenvalue weighted by Crippen LogP contribution is -2.21. The molecule has 0 fully saturated rings. The van der Waals surface area contributed by atoms with Gasteiger partial charge in [0.1, 0.15) is 16.4 Å². The molecule has 2 N–H and O–H groups in total. The molecule has 2 rings (SSSR count). The first kappa shape index (κ1) is 22.7. The van der Waals surface area contributed by atoms with E-state index in [0.717, 1.165) is 0 Å². The summed E-state index contributed by atoms with van der Waals surface area (Å²) in [6.45, 7) is -0.00403. The number of alkyl halides is 3. The van der Waals surface area contributed by atoms with Crippen LogP contribution in [0.1, 0.15) is 25.8 Å². The number of ketones is 1. The summed E-state index contributed by atoms with van der Waals surface area (Å²) in [7, 11) is -2.67. The minimum atomic E-state index is -5.20. The summed E-state index contributed by atoms with van der Waals surface area (Å²) in [5, 5.41) is 0. The van der Waals surface area contributed by atoms with Gasteiger partial charge in [0, 0.05) is 0 Å². The Morgan fingerprint density at radius 3 is 2.24 bits per heavy atom. The number of benzene rings is 1. The van der Waals surface area contributed by atoms with Crippen LogP contribution in [0.5, 0.6) is 11.5 Å². The minimum Gasteiger partial charge on any atom is -0.497 e. The fraction of sp³-hybridized carbons (Fsp3) is 0.294. The standard InChI is InChI=1S/C17H16F3NO6S2/c1-26-10-3-5-11(6-4-10)27-7-2-8-29(24,25)13-9-12(15(22)17(18,19)20)28-14(13)16(21)23/h3-6,9H,2,7-8H2,1H3,(H2,21,23). The lowest BCUT2D eigenvalue weighted by Gasteiger charge is -2.08. The van der Waals surface area contributed by atoms with E-state index < -0.39 is 48.1 Å².